The standard InChI is InChI=1S/C15H20BrN3O/c16-10-4-1-6-13(14(10)15(17)20)19-9-3-7-12(19)11-5-2-8-18-11/h1,4,6,11-12,18H,2-3,5,7-9H2,(H2,17,20). The van der Waals surface area contributed by atoms with Crippen LogP contribution < -0.4 is 16.0 Å². The van der Waals surface area contributed by atoms with E-state index < -0.39 is 0 Å². The molecule has 2 unspecified atom stereocenters. The molecule has 2 saturated heterocycles. The fraction of sp³-hybridized carbons (Fsp3) is 0.533. The quantitative estimate of drug-likeness (QED) is 0.889. The third kappa shape index (κ3) is 2.44. The van der Waals surface area contributed by atoms with E-state index in [9.17, 15) is 4.79 Å². The van der Waals surface area contributed by atoms with Crippen molar-refractivity contribution in [1.29, 1.82) is 0 Å². The highest BCUT2D eigenvalue weighted by atomic mass is 79.9. The molecule has 2 fully saturated rings. The average Bonchev–Trinajstić information content (AvgIpc) is 3.08. The monoisotopic (exact) mass is 337 g/mol. The van der Waals surface area contributed by atoms with Crippen molar-refractivity contribution in [3.05, 3.63) is 28.2 Å². The molecule has 1 aromatic rings. The lowest BCUT2D eigenvalue weighted by atomic mass is 10.0. The lowest BCUT2D eigenvalue weighted by molar-refractivity contribution is 0.1000. The van der Waals surface area contributed by atoms with Crippen LogP contribution in [-0.4, -0.2) is 31.1 Å². The number of anilines is 1. The van der Waals surface area contributed by atoms with Crippen LogP contribution in [0.4, 0.5) is 5.69 Å². The molecule has 3 rings (SSSR count). The lowest BCUT2D eigenvalue weighted by Crippen LogP contribution is -2.44. The molecule has 2 aliphatic heterocycles. The Bertz CT molecular complexity index is 514. The van der Waals surface area contributed by atoms with Crippen LogP contribution in [0.15, 0.2) is 22.7 Å². The Kier molecular flexibility index (Phi) is 3.98. The molecule has 3 N–H and O–H groups in total. The van der Waals surface area contributed by atoms with Crippen LogP contribution in [0, 0.1) is 0 Å². The van der Waals surface area contributed by atoms with Gasteiger partial charge in [0, 0.05) is 23.1 Å². The first-order valence-electron chi connectivity index (χ1n) is 7.27. The van der Waals surface area contributed by atoms with Crippen LogP contribution in [0.25, 0.3) is 0 Å². The minimum Gasteiger partial charge on any atom is -0.366 e. The minimum atomic E-state index is -0.363. The number of hydrogen-bond donors (Lipinski definition) is 2. The zero-order chi connectivity index (χ0) is 14.1. The Morgan fingerprint density at radius 3 is 2.90 bits per heavy atom. The molecule has 2 atom stereocenters. The number of benzene rings is 1. The van der Waals surface area contributed by atoms with E-state index in [2.05, 4.69) is 26.1 Å². The van der Waals surface area contributed by atoms with Crippen LogP contribution in [0.2, 0.25) is 0 Å². The van der Waals surface area contributed by atoms with Crippen LogP contribution in [0.3, 0.4) is 0 Å². The Hall–Kier alpha value is -1.07. The zero-order valence-corrected chi connectivity index (χ0v) is 13.0. The van der Waals surface area contributed by atoms with Gasteiger partial charge in [0.2, 0.25) is 0 Å². The summed E-state index contributed by atoms with van der Waals surface area (Å²) < 4.78 is 0.785. The van der Waals surface area contributed by atoms with Gasteiger partial charge in [-0.15, -0.1) is 0 Å². The van der Waals surface area contributed by atoms with Crippen molar-refractivity contribution in [2.75, 3.05) is 18.0 Å². The second-order valence-corrected chi connectivity index (χ2v) is 6.46. The second kappa shape index (κ2) is 5.74. The first-order chi connectivity index (χ1) is 9.68. The largest absolute Gasteiger partial charge is 0.366 e. The maximum absolute atomic E-state index is 11.8. The van der Waals surface area contributed by atoms with Gasteiger partial charge in [-0.25, -0.2) is 0 Å². The fourth-order valence-electron chi connectivity index (χ4n) is 3.55. The lowest BCUT2D eigenvalue weighted by Gasteiger charge is -2.32. The molecule has 2 aliphatic rings. The highest BCUT2D eigenvalue weighted by Gasteiger charge is 2.34. The molecule has 4 nitrogen and oxygen atoms in total. The van der Waals surface area contributed by atoms with E-state index in [-0.39, 0.29) is 5.91 Å². The van der Waals surface area contributed by atoms with Gasteiger partial charge in [-0.2, -0.15) is 0 Å². The molecule has 20 heavy (non-hydrogen) atoms. The predicted molar refractivity (Wildman–Crippen MR) is 84.1 cm³/mol. The van der Waals surface area contributed by atoms with Crippen LogP contribution in [0.1, 0.15) is 36.0 Å². The fourth-order valence-corrected chi connectivity index (χ4v) is 4.10. The SMILES string of the molecule is NC(=O)c1c(Br)cccc1N1CCCC1C1CCCN1. The van der Waals surface area contributed by atoms with Gasteiger partial charge in [-0.3, -0.25) is 4.79 Å². The molecule has 0 radical (unpaired) electrons. The molecule has 2 heterocycles. The number of amides is 1. The van der Waals surface area contributed by atoms with Gasteiger partial charge >= 0.3 is 0 Å². The molecule has 1 aromatic carbocycles. The van der Waals surface area contributed by atoms with Crippen LogP contribution in [-0.2, 0) is 0 Å². The normalized spacial score (nSPS) is 26.1. The molecule has 0 aliphatic carbocycles. The van der Waals surface area contributed by atoms with E-state index in [1.807, 2.05) is 18.2 Å². The van der Waals surface area contributed by atoms with E-state index in [1.54, 1.807) is 0 Å². The molecule has 0 saturated carbocycles. The predicted octanol–water partition coefficient (Wildman–Crippen LogP) is 2.27. The number of carbonyl (C=O) groups excluding carboxylic acids is 1. The number of nitrogens with zero attached hydrogens (tertiary/aromatic N) is 1. The number of nitrogens with one attached hydrogen (secondary N) is 1. The van der Waals surface area contributed by atoms with Crippen molar-refractivity contribution in [3.63, 3.8) is 0 Å². The maximum atomic E-state index is 11.8. The van der Waals surface area contributed by atoms with Crippen molar-refractivity contribution >= 4 is 27.5 Å². The molecular formula is C15H20BrN3O. The van der Waals surface area contributed by atoms with Gasteiger partial charge in [0.15, 0.2) is 0 Å². The molecule has 108 valence electrons. The van der Waals surface area contributed by atoms with Gasteiger partial charge in [0.05, 0.1) is 11.3 Å². The number of carbonyl (C=O) groups is 1. The van der Waals surface area contributed by atoms with Gasteiger partial charge < -0.3 is 16.0 Å². The summed E-state index contributed by atoms with van der Waals surface area (Å²) in [6.07, 6.45) is 4.83. The van der Waals surface area contributed by atoms with Gasteiger partial charge in [-0.05, 0) is 60.3 Å². The Labute approximate surface area is 127 Å². The van der Waals surface area contributed by atoms with Crippen molar-refractivity contribution in [2.45, 2.75) is 37.8 Å². The summed E-state index contributed by atoms with van der Waals surface area (Å²) in [5.41, 5.74) is 7.15. The van der Waals surface area contributed by atoms with Gasteiger partial charge in [0.1, 0.15) is 0 Å². The first-order valence-corrected chi connectivity index (χ1v) is 8.06. The van der Waals surface area contributed by atoms with Gasteiger partial charge in [-0.1, -0.05) is 6.07 Å². The summed E-state index contributed by atoms with van der Waals surface area (Å²) in [5.74, 6) is -0.363. The van der Waals surface area contributed by atoms with E-state index in [1.165, 1.54) is 25.7 Å². The smallest absolute Gasteiger partial charge is 0.251 e. The van der Waals surface area contributed by atoms with E-state index >= 15 is 0 Å². The Balaban J connectivity index is 1.95. The van der Waals surface area contributed by atoms with E-state index in [0.29, 0.717) is 17.6 Å². The number of hydrogen-bond acceptors (Lipinski definition) is 3. The van der Waals surface area contributed by atoms with E-state index in [0.717, 1.165) is 23.2 Å². The van der Waals surface area contributed by atoms with Crippen molar-refractivity contribution in [1.82, 2.24) is 5.32 Å². The number of nitrogens with two attached hydrogens (primary N) is 1. The summed E-state index contributed by atoms with van der Waals surface area (Å²) in [7, 11) is 0. The molecule has 0 spiro atoms. The van der Waals surface area contributed by atoms with Crippen molar-refractivity contribution in [3.8, 4) is 0 Å². The summed E-state index contributed by atoms with van der Waals surface area (Å²) in [6, 6.07) is 6.88. The van der Waals surface area contributed by atoms with Crippen molar-refractivity contribution < 1.29 is 4.79 Å². The molecule has 0 aromatic heterocycles. The van der Waals surface area contributed by atoms with E-state index in [4.69, 9.17) is 5.73 Å². The van der Waals surface area contributed by atoms with Crippen molar-refractivity contribution in [2.24, 2.45) is 5.73 Å². The van der Waals surface area contributed by atoms with Gasteiger partial charge in [0.25, 0.3) is 5.91 Å². The Morgan fingerprint density at radius 2 is 2.20 bits per heavy atom. The highest BCUT2D eigenvalue weighted by molar-refractivity contribution is 9.10. The third-order valence-corrected chi connectivity index (χ3v) is 5.07. The molecule has 1 amide bonds. The number of rotatable bonds is 3. The number of primary amides is 1. The maximum Gasteiger partial charge on any atom is 0.251 e. The molecule has 5 heteroatoms. The summed E-state index contributed by atoms with van der Waals surface area (Å²) in [5, 5.41) is 3.59. The molecular weight excluding hydrogens is 318 g/mol. The molecule has 0 bridgehead atoms. The van der Waals surface area contributed by atoms with Crippen LogP contribution >= 0.6 is 15.9 Å². The topological polar surface area (TPSA) is 58.4 Å². The summed E-state index contributed by atoms with van der Waals surface area (Å²) >= 11 is 3.46. The zero-order valence-electron chi connectivity index (χ0n) is 11.4. The summed E-state index contributed by atoms with van der Waals surface area (Å²) in [6.45, 7) is 2.11. The number of halogens is 1. The third-order valence-electron chi connectivity index (χ3n) is 4.41. The van der Waals surface area contributed by atoms with Crippen LogP contribution in [0.5, 0.6) is 0 Å². The summed E-state index contributed by atoms with van der Waals surface area (Å²) in [4.78, 5) is 14.1. The second-order valence-electron chi connectivity index (χ2n) is 5.60. The average molecular weight is 338 g/mol. The Morgan fingerprint density at radius 1 is 1.35 bits per heavy atom. The highest BCUT2D eigenvalue weighted by Crippen LogP contribution is 2.34. The minimum absolute atomic E-state index is 0.363. The first kappa shape index (κ1) is 13.9.